The first-order valence-corrected chi connectivity index (χ1v) is 6.52. The van der Waals surface area contributed by atoms with Crippen molar-refractivity contribution in [3.8, 4) is 11.4 Å². The smallest absolute Gasteiger partial charge is 0.163 e. The van der Waals surface area contributed by atoms with Gasteiger partial charge in [-0.25, -0.2) is 9.97 Å². The Kier molecular flexibility index (Phi) is 3.06. The van der Waals surface area contributed by atoms with Crippen LogP contribution in [0, 0.1) is 6.92 Å². The Balaban J connectivity index is 2.23. The van der Waals surface area contributed by atoms with Gasteiger partial charge in [-0.3, -0.25) is 4.98 Å². The van der Waals surface area contributed by atoms with E-state index in [0.29, 0.717) is 5.82 Å². The Bertz CT molecular complexity index is 760. The standard InChI is InChI=1S/C16H16N4/c1-11-10-18-15(19-16(11)20(2)3)13-8-4-6-12-7-5-9-17-14(12)13/h4-10H,1-3H3. The van der Waals surface area contributed by atoms with Crippen LogP contribution in [0.25, 0.3) is 22.3 Å². The number of aromatic nitrogens is 3. The SMILES string of the molecule is Cc1cnc(-c2cccc3cccnc23)nc1N(C)C. The van der Waals surface area contributed by atoms with Crippen molar-refractivity contribution in [3.05, 3.63) is 48.3 Å². The molecular formula is C16H16N4. The predicted molar refractivity (Wildman–Crippen MR) is 81.8 cm³/mol. The molecule has 4 nitrogen and oxygen atoms in total. The summed E-state index contributed by atoms with van der Waals surface area (Å²) in [6.07, 6.45) is 3.66. The van der Waals surface area contributed by atoms with Crippen molar-refractivity contribution in [3.63, 3.8) is 0 Å². The van der Waals surface area contributed by atoms with Crippen molar-refractivity contribution in [2.45, 2.75) is 6.92 Å². The van der Waals surface area contributed by atoms with Gasteiger partial charge in [0.2, 0.25) is 0 Å². The fourth-order valence-corrected chi connectivity index (χ4v) is 2.30. The lowest BCUT2D eigenvalue weighted by molar-refractivity contribution is 1.02. The van der Waals surface area contributed by atoms with Gasteiger partial charge in [-0.1, -0.05) is 18.2 Å². The zero-order valence-electron chi connectivity index (χ0n) is 11.8. The highest BCUT2D eigenvalue weighted by Crippen LogP contribution is 2.26. The molecule has 0 aliphatic carbocycles. The van der Waals surface area contributed by atoms with Gasteiger partial charge in [0.05, 0.1) is 5.52 Å². The van der Waals surface area contributed by atoms with Crippen LogP contribution >= 0.6 is 0 Å². The fraction of sp³-hybridized carbons (Fsp3) is 0.188. The normalized spacial score (nSPS) is 10.8. The third kappa shape index (κ3) is 2.09. The topological polar surface area (TPSA) is 41.9 Å². The summed E-state index contributed by atoms with van der Waals surface area (Å²) in [5.41, 5.74) is 2.96. The number of nitrogens with zero attached hydrogens (tertiary/aromatic N) is 4. The Morgan fingerprint density at radius 3 is 2.60 bits per heavy atom. The van der Waals surface area contributed by atoms with Crippen LogP contribution < -0.4 is 4.90 Å². The van der Waals surface area contributed by atoms with Crippen molar-refractivity contribution in [1.82, 2.24) is 15.0 Å². The number of hydrogen-bond donors (Lipinski definition) is 0. The second-order valence-electron chi connectivity index (χ2n) is 4.98. The van der Waals surface area contributed by atoms with E-state index < -0.39 is 0 Å². The molecule has 2 aromatic heterocycles. The molecule has 3 rings (SSSR count). The minimum Gasteiger partial charge on any atom is -0.362 e. The molecule has 0 bridgehead atoms. The Labute approximate surface area is 118 Å². The quantitative estimate of drug-likeness (QED) is 0.713. The molecule has 0 aliphatic heterocycles. The number of para-hydroxylation sites is 1. The number of benzene rings is 1. The van der Waals surface area contributed by atoms with Gasteiger partial charge in [0.15, 0.2) is 5.82 Å². The van der Waals surface area contributed by atoms with Crippen molar-refractivity contribution in [2.24, 2.45) is 0 Å². The van der Waals surface area contributed by atoms with Crippen LogP contribution in [0.15, 0.2) is 42.7 Å². The third-order valence-electron chi connectivity index (χ3n) is 3.24. The molecule has 0 saturated heterocycles. The molecule has 0 amide bonds. The lowest BCUT2D eigenvalue weighted by atomic mass is 10.1. The molecule has 20 heavy (non-hydrogen) atoms. The summed E-state index contributed by atoms with van der Waals surface area (Å²) in [6, 6.07) is 10.1. The van der Waals surface area contributed by atoms with E-state index in [-0.39, 0.29) is 0 Å². The molecule has 0 spiro atoms. The summed E-state index contributed by atoms with van der Waals surface area (Å²) in [5.74, 6) is 1.64. The van der Waals surface area contributed by atoms with Crippen LogP contribution in [-0.2, 0) is 0 Å². The van der Waals surface area contributed by atoms with Crippen LogP contribution in [0.2, 0.25) is 0 Å². The number of pyridine rings is 1. The van der Waals surface area contributed by atoms with Crippen molar-refractivity contribution >= 4 is 16.7 Å². The van der Waals surface area contributed by atoms with Gasteiger partial charge < -0.3 is 4.90 Å². The lowest BCUT2D eigenvalue weighted by Crippen LogP contribution is -2.13. The lowest BCUT2D eigenvalue weighted by Gasteiger charge is -2.15. The minimum absolute atomic E-state index is 0.712. The molecule has 1 aromatic carbocycles. The van der Waals surface area contributed by atoms with Crippen LogP contribution in [0.5, 0.6) is 0 Å². The molecule has 4 heteroatoms. The molecule has 3 aromatic rings. The van der Waals surface area contributed by atoms with Crippen LogP contribution in [0.1, 0.15) is 5.56 Å². The summed E-state index contributed by atoms with van der Waals surface area (Å²) in [7, 11) is 3.97. The molecular weight excluding hydrogens is 248 g/mol. The molecule has 0 N–H and O–H groups in total. The highest BCUT2D eigenvalue weighted by atomic mass is 15.2. The van der Waals surface area contributed by atoms with Gasteiger partial charge in [-0.2, -0.15) is 0 Å². The first-order valence-electron chi connectivity index (χ1n) is 6.52. The van der Waals surface area contributed by atoms with Crippen LogP contribution in [0.3, 0.4) is 0 Å². The first kappa shape index (κ1) is 12.5. The Morgan fingerprint density at radius 2 is 1.80 bits per heavy atom. The van der Waals surface area contributed by atoms with Gasteiger partial charge in [0.25, 0.3) is 0 Å². The Hall–Kier alpha value is -2.49. The molecule has 0 radical (unpaired) electrons. The van der Waals surface area contributed by atoms with Gasteiger partial charge in [0, 0.05) is 43.0 Å². The van der Waals surface area contributed by atoms with Crippen LogP contribution in [0.4, 0.5) is 5.82 Å². The highest BCUT2D eigenvalue weighted by Gasteiger charge is 2.10. The van der Waals surface area contributed by atoms with E-state index in [1.807, 2.05) is 62.4 Å². The maximum atomic E-state index is 4.67. The van der Waals surface area contributed by atoms with E-state index in [9.17, 15) is 0 Å². The average molecular weight is 264 g/mol. The van der Waals surface area contributed by atoms with E-state index in [1.54, 1.807) is 6.20 Å². The molecule has 0 atom stereocenters. The van der Waals surface area contributed by atoms with Crippen molar-refractivity contribution in [2.75, 3.05) is 19.0 Å². The van der Waals surface area contributed by atoms with Gasteiger partial charge in [0.1, 0.15) is 5.82 Å². The second kappa shape index (κ2) is 4.89. The van der Waals surface area contributed by atoms with E-state index in [2.05, 4.69) is 15.0 Å². The van der Waals surface area contributed by atoms with E-state index >= 15 is 0 Å². The average Bonchev–Trinajstić information content (AvgIpc) is 2.47. The number of anilines is 1. The van der Waals surface area contributed by atoms with Gasteiger partial charge >= 0.3 is 0 Å². The predicted octanol–water partition coefficient (Wildman–Crippen LogP) is 3.07. The summed E-state index contributed by atoms with van der Waals surface area (Å²) >= 11 is 0. The Morgan fingerprint density at radius 1 is 1.00 bits per heavy atom. The summed E-state index contributed by atoms with van der Waals surface area (Å²) in [6.45, 7) is 2.01. The first-order chi connectivity index (χ1) is 9.66. The molecule has 0 unspecified atom stereocenters. The van der Waals surface area contributed by atoms with Gasteiger partial charge in [-0.15, -0.1) is 0 Å². The number of aryl methyl sites for hydroxylation is 1. The fourth-order valence-electron chi connectivity index (χ4n) is 2.30. The molecule has 0 fully saturated rings. The number of fused-ring (bicyclic) bond motifs is 1. The third-order valence-corrected chi connectivity index (χ3v) is 3.24. The second-order valence-corrected chi connectivity index (χ2v) is 4.98. The molecule has 100 valence electrons. The maximum Gasteiger partial charge on any atom is 0.163 e. The molecule has 0 aliphatic rings. The minimum atomic E-state index is 0.712. The van der Waals surface area contributed by atoms with Crippen molar-refractivity contribution < 1.29 is 0 Å². The highest BCUT2D eigenvalue weighted by molar-refractivity contribution is 5.91. The summed E-state index contributed by atoms with van der Waals surface area (Å²) in [4.78, 5) is 15.6. The molecule has 0 saturated carbocycles. The molecule has 2 heterocycles. The van der Waals surface area contributed by atoms with E-state index in [0.717, 1.165) is 27.8 Å². The van der Waals surface area contributed by atoms with Crippen LogP contribution in [-0.4, -0.2) is 29.0 Å². The van der Waals surface area contributed by atoms with Gasteiger partial charge in [-0.05, 0) is 19.1 Å². The number of rotatable bonds is 2. The van der Waals surface area contributed by atoms with E-state index in [4.69, 9.17) is 0 Å². The monoisotopic (exact) mass is 264 g/mol. The van der Waals surface area contributed by atoms with Crippen molar-refractivity contribution in [1.29, 1.82) is 0 Å². The zero-order valence-corrected chi connectivity index (χ0v) is 11.8. The number of hydrogen-bond acceptors (Lipinski definition) is 4. The van der Waals surface area contributed by atoms with E-state index in [1.165, 1.54) is 0 Å². The summed E-state index contributed by atoms with van der Waals surface area (Å²) in [5, 5.41) is 1.10. The zero-order chi connectivity index (χ0) is 14.1. The maximum absolute atomic E-state index is 4.67. The summed E-state index contributed by atoms with van der Waals surface area (Å²) < 4.78 is 0. The largest absolute Gasteiger partial charge is 0.362 e.